The third kappa shape index (κ3) is 2.80. The molecule has 0 radical (unpaired) electrons. The van der Waals surface area contributed by atoms with Gasteiger partial charge in [-0.25, -0.2) is 0 Å². The van der Waals surface area contributed by atoms with Crippen molar-refractivity contribution < 1.29 is 9.53 Å². The summed E-state index contributed by atoms with van der Waals surface area (Å²) in [4.78, 5) is 10.8. The Morgan fingerprint density at radius 1 is 1.80 bits per heavy atom. The number of rotatable bonds is 4. The summed E-state index contributed by atoms with van der Waals surface area (Å²) in [5, 5.41) is 2.80. The number of esters is 1. The second kappa shape index (κ2) is 5.20. The Balaban J connectivity index is 3.68. The van der Waals surface area contributed by atoms with Crippen molar-refractivity contribution in [2.24, 2.45) is 5.73 Å². The molecular weight excluding hydrogens is 132 g/mol. The first-order chi connectivity index (χ1) is 4.76. The molecule has 1 atom stereocenters. The van der Waals surface area contributed by atoms with Gasteiger partial charge in [0, 0.05) is 0 Å². The molecule has 10 heavy (non-hydrogen) atoms. The summed E-state index contributed by atoms with van der Waals surface area (Å²) in [6, 6.07) is -0.255. The Morgan fingerprint density at radius 2 is 2.40 bits per heavy atom. The first-order valence-electron chi connectivity index (χ1n) is 3.21. The second-order valence-electron chi connectivity index (χ2n) is 1.94. The molecule has 0 fully saturated rings. The van der Waals surface area contributed by atoms with Gasteiger partial charge in [0.2, 0.25) is 0 Å². The number of carbonyl (C=O) groups is 1. The lowest BCUT2D eigenvalue weighted by molar-refractivity contribution is -0.143. The summed E-state index contributed by atoms with van der Waals surface area (Å²) in [7, 11) is 3.07. The SMILES string of the molecule is CN[C@@H](CCN)C(=O)OC. The molecule has 0 bridgehead atoms. The van der Waals surface area contributed by atoms with Crippen LogP contribution >= 0.6 is 0 Å². The van der Waals surface area contributed by atoms with E-state index in [4.69, 9.17) is 5.73 Å². The van der Waals surface area contributed by atoms with Gasteiger partial charge in [0.1, 0.15) is 6.04 Å². The maximum atomic E-state index is 10.8. The van der Waals surface area contributed by atoms with Crippen LogP contribution in [-0.4, -0.2) is 32.7 Å². The maximum absolute atomic E-state index is 10.8. The largest absolute Gasteiger partial charge is 0.468 e. The van der Waals surface area contributed by atoms with E-state index in [2.05, 4.69) is 10.1 Å². The van der Waals surface area contributed by atoms with E-state index in [0.29, 0.717) is 13.0 Å². The molecule has 0 aliphatic rings. The van der Waals surface area contributed by atoms with Gasteiger partial charge in [-0.05, 0) is 20.0 Å². The summed E-state index contributed by atoms with van der Waals surface area (Å²) >= 11 is 0. The number of nitrogens with one attached hydrogen (secondary N) is 1. The molecular formula is C6H14N2O2. The van der Waals surface area contributed by atoms with Gasteiger partial charge in [0.05, 0.1) is 7.11 Å². The highest BCUT2D eigenvalue weighted by Gasteiger charge is 2.14. The number of carbonyl (C=O) groups excluding carboxylic acids is 1. The topological polar surface area (TPSA) is 64.3 Å². The fraction of sp³-hybridized carbons (Fsp3) is 0.833. The van der Waals surface area contributed by atoms with Crippen molar-refractivity contribution >= 4 is 5.97 Å². The van der Waals surface area contributed by atoms with E-state index in [-0.39, 0.29) is 12.0 Å². The average Bonchev–Trinajstić information content (AvgIpc) is 1.99. The van der Waals surface area contributed by atoms with Gasteiger partial charge in [-0.1, -0.05) is 0 Å². The first kappa shape index (κ1) is 9.39. The van der Waals surface area contributed by atoms with Crippen LogP contribution in [0.25, 0.3) is 0 Å². The molecule has 0 aromatic carbocycles. The predicted octanol–water partition coefficient (Wildman–Crippen LogP) is -0.904. The molecule has 0 saturated carbocycles. The van der Waals surface area contributed by atoms with Crippen molar-refractivity contribution in [3.63, 3.8) is 0 Å². The lowest BCUT2D eigenvalue weighted by Crippen LogP contribution is -2.36. The molecule has 3 N–H and O–H groups in total. The maximum Gasteiger partial charge on any atom is 0.322 e. The van der Waals surface area contributed by atoms with Crippen molar-refractivity contribution in [2.45, 2.75) is 12.5 Å². The summed E-state index contributed by atoms with van der Waals surface area (Å²) in [6.45, 7) is 0.487. The van der Waals surface area contributed by atoms with Crippen molar-refractivity contribution in [3.05, 3.63) is 0 Å². The van der Waals surface area contributed by atoms with Gasteiger partial charge in [-0.3, -0.25) is 4.79 Å². The quantitative estimate of drug-likeness (QED) is 0.504. The average molecular weight is 146 g/mol. The van der Waals surface area contributed by atoms with Crippen LogP contribution in [0.2, 0.25) is 0 Å². The minimum atomic E-state index is -0.257. The van der Waals surface area contributed by atoms with Gasteiger partial charge < -0.3 is 15.8 Å². The van der Waals surface area contributed by atoms with Crippen molar-refractivity contribution in [1.82, 2.24) is 5.32 Å². The molecule has 4 heteroatoms. The Kier molecular flexibility index (Phi) is 4.88. The number of nitrogens with two attached hydrogens (primary N) is 1. The number of hydrogen-bond donors (Lipinski definition) is 2. The van der Waals surface area contributed by atoms with E-state index in [1.165, 1.54) is 7.11 Å². The van der Waals surface area contributed by atoms with Crippen molar-refractivity contribution in [1.29, 1.82) is 0 Å². The molecule has 0 saturated heterocycles. The Bertz CT molecular complexity index is 106. The minimum Gasteiger partial charge on any atom is -0.468 e. The monoisotopic (exact) mass is 146 g/mol. The van der Waals surface area contributed by atoms with Crippen molar-refractivity contribution in [2.75, 3.05) is 20.7 Å². The molecule has 0 rings (SSSR count). The van der Waals surface area contributed by atoms with E-state index >= 15 is 0 Å². The summed E-state index contributed by atoms with van der Waals surface area (Å²) < 4.78 is 4.50. The van der Waals surface area contributed by atoms with Crippen LogP contribution in [0.5, 0.6) is 0 Å². The highest BCUT2D eigenvalue weighted by atomic mass is 16.5. The van der Waals surface area contributed by atoms with Gasteiger partial charge in [0.15, 0.2) is 0 Å². The Labute approximate surface area is 60.7 Å². The van der Waals surface area contributed by atoms with Crippen LogP contribution in [0.15, 0.2) is 0 Å². The number of methoxy groups -OCH3 is 1. The number of hydrogen-bond acceptors (Lipinski definition) is 4. The lowest BCUT2D eigenvalue weighted by atomic mass is 10.2. The fourth-order valence-electron chi connectivity index (χ4n) is 0.689. The summed E-state index contributed by atoms with van der Waals surface area (Å²) in [5.74, 6) is -0.257. The number of likely N-dealkylation sites (N-methyl/N-ethyl adjacent to an activating group) is 1. The van der Waals surface area contributed by atoms with Gasteiger partial charge in [0.25, 0.3) is 0 Å². The predicted molar refractivity (Wildman–Crippen MR) is 38.5 cm³/mol. The minimum absolute atomic E-state index is 0.255. The molecule has 0 amide bonds. The van der Waals surface area contributed by atoms with E-state index in [1.54, 1.807) is 7.05 Å². The van der Waals surface area contributed by atoms with E-state index in [0.717, 1.165) is 0 Å². The van der Waals surface area contributed by atoms with E-state index in [9.17, 15) is 4.79 Å². The van der Waals surface area contributed by atoms with Gasteiger partial charge in [-0.2, -0.15) is 0 Å². The van der Waals surface area contributed by atoms with E-state index in [1.807, 2.05) is 0 Å². The Morgan fingerprint density at radius 3 is 2.70 bits per heavy atom. The highest BCUT2D eigenvalue weighted by molar-refractivity contribution is 5.75. The van der Waals surface area contributed by atoms with Crippen LogP contribution in [0, 0.1) is 0 Å². The molecule has 0 aromatic rings. The zero-order chi connectivity index (χ0) is 7.98. The molecule has 0 heterocycles. The molecule has 0 aliphatic heterocycles. The fourth-order valence-corrected chi connectivity index (χ4v) is 0.689. The van der Waals surface area contributed by atoms with Crippen LogP contribution in [0.3, 0.4) is 0 Å². The number of ether oxygens (including phenoxy) is 1. The third-order valence-electron chi connectivity index (χ3n) is 1.29. The van der Waals surface area contributed by atoms with Gasteiger partial charge in [-0.15, -0.1) is 0 Å². The molecule has 0 unspecified atom stereocenters. The van der Waals surface area contributed by atoms with E-state index < -0.39 is 0 Å². The lowest BCUT2D eigenvalue weighted by Gasteiger charge is -2.11. The zero-order valence-electron chi connectivity index (χ0n) is 6.39. The summed E-state index contributed by atoms with van der Waals surface area (Å²) in [6.07, 6.45) is 0.614. The zero-order valence-corrected chi connectivity index (χ0v) is 6.39. The molecule has 0 aliphatic carbocycles. The second-order valence-corrected chi connectivity index (χ2v) is 1.94. The van der Waals surface area contributed by atoms with Crippen molar-refractivity contribution in [3.8, 4) is 0 Å². The molecule has 4 nitrogen and oxygen atoms in total. The molecule has 0 aromatic heterocycles. The van der Waals surface area contributed by atoms with Gasteiger partial charge >= 0.3 is 5.97 Å². The molecule has 60 valence electrons. The van der Waals surface area contributed by atoms with Crippen LogP contribution < -0.4 is 11.1 Å². The highest BCUT2D eigenvalue weighted by Crippen LogP contribution is 1.90. The van der Waals surface area contributed by atoms with Crippen LogP contribution in [0.1, 0.15) is 6.42 Å². The smallest absolute Gasteiger partial charge is 0.322 e. The first-order valence-corrected chi connectivity index (χ1v) is 3.21. The van der Waals surface area contributed by atoms with Crippen LogP contribution in [0.4, 0.5) is 0 Å². The Hall–Kier alpha value is -0.610. The van der Waals surface area contributed by atoms with Crippen LogP contribution in [-0.2, 0) is 9.53 Å². The third-order valence-corrected chi connectivity index (χ3v) is 1.29. The normalized spacial score (nSPS) is 12.7. The standard InChI is InChI=1S/C6H14N2O2/c1-8-5(3-4-7)6(9)10-2/h5,8H,3-4,7H2,1-2H3/t5-/m0/s1. The summed E-state index contributed by atoms with van der Waals surface area (Å²) in [5.41, 5.74) is 5.25. The molecule has 0 spiro atoms.